The summed E-state index contributed by atoms with van der Waals surface area (Å²) in [6.45, 7) is 7.03. The molecular weight excluding hydrogens is 310 g/mol. The molecule has 1 aromatic rings. The minimum Gasteiger partial charge on any atom is -0.444 e. The second kappa shape index (κ2) is 6.83. The SMILES string of the molecule is CC(C)(C)OC(=O)N1CCCC(Sc2ncc(Cl)cn2)C1. The lowest BCUT2D eigenvalue weighted by Gasteiger charge is -2.33. The largest absolute Gasteiger partial charge is 0.444 e. The van der Waals surface area contributed by atoms with Crippen molar-refractivity contribution < 1.29 is 9.53 Å². The Morgan fingerprint density at radius 1 is 1.43 bits per heavy atom. The second-order valence-corrected chi connectivity index (χ2v) is 7.70. The number of carbonyl (C=O) groups is 1. The fourth-order valence-electron chi connectivity index (χ4n) is 2.04. The van der Waals surface area contributed by atoms with Gasteiger partial charge in [0.25, 0.3) is 0 Å². The number of nitrogens with zero attached hydrogens (tertiary/aromatic N) is 3. The maximum atomic E-state index is 12.1. The second-order valence-electron chi connectivity index (χ2n) is 5.99. The van der Waals surface area contributed by atoms with E-state index in [0.717, 1.165) is 19.4 Å². The lowest BCUT2D eigenvalue weighted by molar-refractivity contribution is 0.0220. The van der Waals surface area contributed by atoms with Crippen molar-refractivity contribution >= 4 is 29.5 Å². The zero-order valence-corrected chi connectivity index (χ0v) is 14.1. The quantitative estimate of drug-likeness (QED) is 0.776. The molecule has 21 heavy (non-hydrogen) atoms. The molecule has 1 atom stereocenters. The summed E-state index contributed by atoms with van der Waals surface area (Å²) in [5, 5.41) is 1.50. The maximum absolute atomic E-state index is 12.1. The highest BCUT2D eigenvalue weighted by atomic mass is 35.5. The fourth-order valence-corrected chi connectivity index (χ4v) is 3.20. The highest BCUT2D eigenvalue weighted by Gasteiger charge is 2.28. The minimum absolute atomic E-state index is 0.246. The van der Waals surface area contributed by atoms with Crippen LogP contribution in [0.15, 0.2) is 17.6 Å². The van der Waals surface area contributed by atoms with Gasteiger partial charge in [-0.25, -0.2) is 14.8 Å². The van der Waals surface area contributed by atoms with Gasteiger partial charge in [-0.15, -0.1) is 0 Å². The number of piperidine rings is 1. The molecular formula is C14H20ClN3O2S. The summed E-state index contributed by atoms with van der Waals surface area (Å²) >= 11 is 7.36. The predicted octanol–water partition coefficient (Wildman–Crippen LogP) is 3.62. The van der Waals surface area contributed by atoms with E-state index in [2.05, 4.69) is 9.97 Å². The topological polar surface area (TPSA) is 55.3 Å². The molecule has 1 fully saturated rings. The van der Waals surface area contributed by atoms with Crippen LogP contribution in [0.25, 0.3) is 0 Å². The average Bonchev–Trinajstić information content (AvgIpc) is 2.40. The summed E-state index contributed by atoms with van der Waals surface area (Å²) in [6, 6.07) is 0. The first-order valence-corrected chi connectivity index (χ1v) is 8.21. The summed E-state index contributed by atoms with van der Waals surface area (Å²) in [4.78, 5) is 22.2. The molecule has 0 aromatic carbocycles. The number of hydrogen-bond acceptors (Lipinski definition) is 5. The molecule has 1 saturated heterocycles. The molecule has 2 rings (SSSR count). The van der Waals surface area contributed by atoms with E-state index in [9.17, 15) is 4.79 Å². The number of carbonyl (C=O) groups excluding carboxylic acids is 1. The third-order valence-electron chi connectivity index (χ3n) is 2.90. The van der Waals surface area contributed by atoms with E-state index in [-0.39, 0.29) is 11.3 Å². The van der Waals surface area contributed by atoms with Gasteiger partial charge in [-0.05, 0) is 33.6 Å². The molecule has 1 aliphatic rings. The van der Waals surface area contributed by atoms with Crippen molar-refractivity contribution in [2.24, 2.45) is 0 Å². The Morgan fingerprint density at radius 3 is 2.71 bits per heavy atom. The first-order valence-electron chi connectivity index (χ1n) is 6.95. The van der Waals surface area contributed by atoms with Gasteiger partial charge in [0, 0.05) is 18.3 Å². The van der Waals surface area contributed by atoms with E-state index in [1.165, 1.54) is 0 Å². The van der Waals surface area contributed by atoms with E-state index in [0.29, 0.717) is 16.7 Å². The molecule has 0 saturated carbocycles. The van der Waals surface area contributed by atoms with Gasteiger partial charge in [0.2, 0.25) is 0 Å². The van der Waals surface area contributed by atoms with Gasteiger partial charge in [-0.3, -0.25) is 0 Å². The average molecular weight is 330 g/mol. The van der Waals surface area contributed by atoms with Crippen molar-refractivity contribution in [3.8, 4) is 0 Å². The molecule has 0 bridgehead atoms. The Hall–Kier alpha value is -1.01. The van der Waals surface area contributed by atoms with Gasteiger partial charge in [0.05, 0.1) is 17.4 Å². The third kappa shape index (κ3) is 5.36. The molecule has 1 aromatic heterocycles. The minimum atomic E-state index is -0.462. The standard InChI is InChI=1S/C14H20ClN3O2S/c1-14(2,3)20-13(19)18-6-4-5-11(9-18)21-12-16-7-10(15)8-17-12/h7-8,11H,4-6,9H2,1-3H3. The van der Waals surface area contributed by atoms with Crippen LogP contribution in [-0.2, 0) is 4.74 Å². The van der Waals surface area contributed by atoms with Crippen LogP contribution in [0.2, 0.25) is 5.02 Å². The smallest absolute Gasteiger partial charge is 0.410 e. The molecule has 0 spiro atoms. The first-order chi connectivity index (χ1) is 9.83. The van der Waals surface area contributed by atoms with Crippen LogP contribution in [0.3, 0.4) is 0 Å². The Balaban J connectivity index is 1.91. The van der Waals surface area contributed by atoms with E-state index < -0.39 is 5.60 Å². The van der Waals surface area contributed by atoms with Gasteiger partial charge >= 0.3 is 6.09 Å². The molecule has 116 valence electrons. The van der Waals surface area contributed by atoms with Crippen molar-refractivity contribution in [1.29, 1.82) is 0 Å². The third-order valence-corrected chi connectivity index (χ3v) is 4.23. The van der Waals surface area contributed by atoms with Crippen molar-refractivity contribution in [3.05, 3.63) is 17.4 Å². The number of likely N-dealkylation sites (tertiary alicyclic amines) is 1. The van der Waals surface area contributed by atoms with Gasteiger partial charge < -0.3 is 9.64 Å². The van der Waals surface area contributed by atoms with Crippen molar-refractivity contribution in [2.75, 3.05) is 13.1 Å². The maximum Gasteiger partial charge on any atom is 0.410 e. The number of rotatable bonds is 2. The fraction of sp³-hybridized carbons (Fsp3) is 0.643. The highest BCUT2D eigenvalue weighted by molar-refractivity contribution is 7.99. The lowest BCUT2D eigenvalue weighted by Crippen LogP contribution is -2.43. The number of aromatic nitrogens is 2. The van der Waals surface area contributed by atoms with Crippen LogP contribution in [0, 0.1) is 0 Å². The van der Waals surface area contributed by atoms with Crippen LogP contribution in [-0.4, -0.2) is 44.9 Å². The molecule has 1 amide bonds. The highest BCUT2D eigenvalue weighted by Crippen LogP contribution is 2.28. The Bertz CT molecular complexity index is 490. The van der Waals surface area contributed by atoms with Gasteiger partial charge in [0.1, 0.15) is 5.60 Å². The number of ether oxygens (including phenoxy) is 1. The molecule has 7 heteroatoms. The molecule has 5 nitrogen and oxygen atoms in total. The van der Waals surface area contributed by atoms with E-state index in [1.54, 1.807) is 29.1 Å². The van der Waals surface area contributed by atoms with E-state index in [1.807, 2.05) is 20.8 Å². The number of hydrogen-bond donors (Lipinski definition) is 0. The van der Waals surface area contributed by atoms with Crippen LogP contribution < -0.4 is 0 Å². The van der Waals surface area contributed by atoms with Crippen molar-refractivity contribution in [3.63, 3.8) is 0 Å². The Labute approximate surface area is 134 Å². The van der Waals surface area contributed by atoms with E-state index >= 15 is 0 Å². The zero-order chi connectivity index (χ0) is 15.5. The molecule has 1 unspecified atom stereocenters. The first kappa shape index (κ1) is 16.4. The van der Waals surface area contributed by atoms with Gasteiger partial charge in [0.15, 0.2) is 5.16 Å². The lowest BCUT2D eigenvalue weighted by atomic mass is 10.1. The summed E-state index contributed by atoms with van der Waals surface area (Å²) in [5.41, 5.74) is -0.462. The zero-order valence-electron chi connectivity index (χ0n) is 12.5. The van der Waals surface area contributed by atoms with Crippen LogP contribution >= 0.6 is 23.4 Å². The molecule has 2 heterocycles. The molecule has 0 radical (unpaired) electrons. The summed E-state index contributed by atoms with van der Waals surface area (Å²) in [6.07, 6.45) is 4.93. The Morgan fingerprint density at radius 2 is 2.10 bits per heavy atom. The normalized spacial score (nSPS) is 19.4. The molecule has 0 N–H and O–H groups in total. The molecule has 0 aliphatic carbocycles. The number of amides is 1. The van der Waals surface area contributed by atoms with Crippen LogP contribution in [0.1, 0.15) is 33.6 Å². The van der Waals surface area contributed by atoms with Crippen molar-refractivity contribution in [1.82, 2.24) is 14.9 Å². The molecule has 1 aliphatic heterocycles. The van der Waals surface area contributed by atoms with E-state index in [4.69, 9.17) is 16.3 Å². The number of thioether (sulfide) groups is 1. The summed E-state index contributed by atoms with van der Waals surface area (Å²) in [5.74, 6) is 0. The monoisotopic (exact) mass is 329 g/mol. The summed E-state index contributed by atoms with van der Waals surface area (Å²) < 4.78 is 5.42. The van der Waals surface area contributed by atoms with Crippen LogP contribution in [0.4, 0.5) is 4.79 Å². The summed E-state index contributed by atoms with van der Waals surface area (Å²) in [7, 11) is 0. The van der Waals surface area contributed by atoms with Gasteiger partial charge in [-0.1, -0.05) is 23.4 Å². The number of halogens is 1. The van der Waals surface area contributed by atoms with Crippen LogP contribution in [0.5, 0.6) is 0 Å². The van der Waals surface area contributed by atoms with Gasteiger partial charge in [-0.2, -0.15) is 0 Å². The predicted molar refractivity (Wildman–Crippen MR) is 83.7 cm³/mol. The Kier molecular flexibility index (Phi) is 5.32. The van der Waals surface area contributed by atoms with Crippen molar-refractivity contribution in [2.45, 2.75) is 49.6 Å².